The third kappa shape index (κ3) is 1.45. The summed E-state index contributed by atoms with van der Waals surface area (Å²) in [5.74, 6) is -2.59. The van der Waals surface area contributed by atoms with Gasteiger partial charge in [0.25, 0.3) is 5.56 Å². The number of hydrogen-bond donors (Lipinski definition) is 2. The van der Waals surface area contributed by atoms with Crippen molar-refractivity contribution in [2.45, 2.75) is 0 Å². The smallest absolute Gasteiger partial charge is 0.252 e. The Balaban J connectivity index is 3.05. The molecule has 0 radical (unpaired) electrons. The van der Waals surface area contributed by atoms with Crippen molar-refractivity contribution in [3.05, 3.63) is 39.1 Å². The van der Waals surface area contributed by atoms with Crippen LogP contribution in [0.4, 0.5) is 8.78 Å². The maximum absolute atomic E-state index is 13.4. The van der Waals surface area contributed by atoms with E-state index in [1.165, 1.54) is 0 Å². The Morgan fingerprint density at radius 3 is 2.67 bits per heavy atom. The van der Waals surface area contributed by atoms with E-state index in [9.17, 15) is 18.7 Å². The highest BCUT2D eigenvalue weighted by molar-refractivity contribution is 6.31. The van der Waals surface area contributed by atoms with Crippen molar-refractivity contribution < 1.29 is 13.9 Å². The number of halogens is 3. The van der Waals surface area contributed by atoms with Crippen LogP contribution in [0.5, 0.6) is 5.75 Å². The predicted molar refractivity (Wildman–Crippen MR) is 51.2 cm³/mol. The fourth-order valence-corrected chi connectivity index (χ4v) is 1.43. The SMILES string of the molecule is O=c1cc(O)c2cc(F)c(Cl)c(F)c2[nH]1. The number of aromatic hydroxyl groups is 1. The van der Waals surface area contributed by atoms with Crippen molar-refractivity contribution in [3.63, 3.8) is 0 Å². The number of fused-ring (bicyclic) bond motifs is 1. The normalized spacial score (nSPS) is 10.9. The van der Waals surface area contributed by atoms with E-state index in [1.54, 1.807) is 0 Å². The quantitative estimate of drug-likeness (QED) is 0.683. The molecule has 0 saturated carbocycles. The van der Waals surface area contributed by atoms with Crippen LogP contribution in [-0.2, 0) is 0 Å². The zero-order valence-electron chi connectivity index (χ0n) is 7.14. The molecule has 2 N–H and O–H groups in total. The van der Waals surface area contributed by atoms with Gasteiger partial charge in [-0.05, 0) is 6.07 Å². The van der Waals surface area contributed by atoms with Crippen LogP contribution < -0.4 is 5.56 Å². The van der Waals surface area contributed by atoms with Gasteiger partial charge in [0.1, 0.15) is 16.6 Å². The van der Waals surface area contributed by atoms with Gasteiger partial charge >= 0.3 is 0 Å². The maximum Gasteiger partial charge on any atom is 0.252 e. The Kier molecular flexibility index (Phi) is 2.12. The summed E-state index contributed by atoms with van der Waals surface area (Å²) < 4.78 is 26.4. The van der Waals surface area contributed by atoms with Crippen LogP contribution in [0.3, 0.4) is 0 Å². The predicted octanol–water partition coefficient (Wildman–Crippen LogP) is 2.17. The molecule has 1 aromatic carbocycles. The molecule has 78 valence electrons. The summed E-state index contributed by atoms with van der Waals surface area (Å²) in [6, 6.07) is 1.68. The molecule has 2 rings (SSSR count). The minimum absolute atomic E-state index is 0.131. The highest BCUT2D eigenvalue weighted by Gasteiger charge is 2.14. The summed E-state index contributed by atoms with van der Waals surface area (Å²) >= 11 is 5.31. The molecule has 6 heteroatoms. The van der Waals surface area contributed by atoms with Crippen LogP contribution in [-0.4, -0.2) is 10.1 Å². The van der Waals surface area contributed by atoms with E-state index in [4.69, 9.17) is 11.6 Å². The zero-order chi connectivity index (χ0) is 11.2. The number of pyridine rings is 1. The van der Waals surface area contributed by atoms with Crippen molar-refractivity contribution in [1.29, 1.82) is 0 Å². The van der Waals surface area contributed by atoms with E-state index >= 15 is 0 Å². The van der Waals surface area contributed by atoms with Gasteiger partial charge in [-0.2, -0.15) is 0 Å². The molecule has 1 heterocycles. The van der Waals surface area contributed by atoms with Crippen LogP contribution in [0.1, 0.15) is 0 Å². The Labute approximate surface area is 86.9 Å². The summed E-state index contributed by atoms with van der Waals surface area (Å²) in [5.41, 5.74) is -1.01. The van der Waals surface area contributed by atoms with Crippen molar-refractivity contribution in [2.75, 3.05) is 0 Å². The van der Waals surface area contributed by atoms with Gasteiger partial charge in [0.05, 0.1) is 5.52 Å². The second-order valence-electron chi connectivity index (χ2n) is 2.93. The number of nitrogens with one attached hydrogen (secondary N) is 1. The second kappa shape index (κ2) is 3.20. The molecule has 3 nitrogen and oxygen atoms in total. The molecule has 0 bridgehead atoms. The standard InChI is InChI=1S/C9H4ClF2NO2/c10-7-4(11)1-3-5(14)2-6(15)13-9(3)8(7)12/h1-2H,(H2,13,14,15). The van der Waals surface area contributed by atoms with Gasteiger partial charge in [-0.1, -0.05) is 11.6 Å². The molecule has 0 aliphatic carbocycles. The largest absolute Gasteiger partial charge is 0.507 e. The number of aromatic amines is 1. The molecule has 2 aromatic rings. The summed E-state index contributed by atoms with van der Waals surface area (Å²) in [6.07, 6.45) is 0. The Hall–Kier alpha value is -1.62. The van der Waals surface area contributed by atoms with Gasteiger partial charge < -0.3 is 10.1 Å². The van der Waals surface area contributed by atoms with Crippen molar-refractivity contribution in [3.8, 4) is 5.75 Å². The van der Waals surface area contributed by atoms with Gasteiger partial charge in [-0.15, -0.1) is 0 Å². The summed E-state index contributed by atoms with van der Waals surface area (Å²) in [4.78, 5) is 13.1. The van der Waals surface area contributed by atoms with E-state index in [0.717, 1.165) is 12.1 Å². The van der Waals surface area contributed by atoms with E-state index in [-0.39, 0.29) is 10.9 Å². The zero-order valence-corrected chi connectivity index (χ0v) is 7.90. The van der Waals surface area contributed by atoms with Crippen LogP contribution in [0.2, 0.25) is 5.02 Å². The lowest BCUT2D eigenvalue weighted by molar-refractivity contribution is 0.479. The Morgan fingerprint density at radius 2 is 2.00 bits per heavy atom. The van der Waals surface area contributed by atoms with Crippen molar-refractivity contribution >= 4 is 22.5 Å². The molecule has 15 heavy (non-hydrogen) atoms. The average molecular weight is 232 g/mol. The molecule has 0 unspecified atom stereocenters. The highest BCUT2D eigenvalue weighted by Crippen LogP contribution is 2.29. The van der Waals surface area contributed by atoms with Crippen LogP contribution >= 0.6 is 11.6 Å². The average Bonchev–Trinajstić information content (AvgIpc) is 2.17. The molecule has 0 aliphatic heterocycles. The van der Waals surface area contributed by atoms with Crippen molar-refractivity contribution in [2.24, 2.45) is 0 Å². The minimum atomic E-state index is -1.10. The summed E-state index contributed by atoms with van der Waals surface area (Å²) in [6.45, 7) is 0. The van der Waals surface area contributed by atoms with Gasteiger partial charge in [0.2, 0.25) is 0 Å². The highest BCUT2D eigenvalue weighted by atomic mass is 35.5. The number of hydrogen-bond acceptors (Lipinski definition) is 2. The first-order valence-corrected chi connectivity index (χ1v) is 4.28. The van der Waals surface area contributed by atoms with E-state index in [2.05, 4.69) is 4.98 Å². The third-order valence-corrected chi connectivity index (χ3v) is 2.30. The second-order valence-corrected chi connectivity index (χ2v) is 3.31. The first-order valence-electron chi connectivity index (χ1n) is 3.90. The Bertz CT molecular complexity index is 609. The topological polar surface area (TPSA) is 53.1 Å². The number of H-pyrrole nitrogens is 1. The molecule has 0 aliphatic rings. The summed E-state index contributed by atoms with van der Waals surface area (Å²) in [7, 11) is 0. The van der Waals surface area contributed by atoms with Gasteiger partial charge in [-0.3, -0.25) is 4.79 Å². The first-order chi connectivity index (χ1) is 7.00. The number of benzene rings is 1. The molecule has 0 fully saturated rings. The molecular formula is C9H4ClF2NO2. The summed E-state index contributed by atoms with van der Waals surface area (Å²) in [5, 5.41) is 8.45. The molecule has 0 spiro atoms. The molecule has 0 saturated heterocycles. The fraction of sp³-hybridized carbons (Fsp3) is 0. The number of rotatable bonds is 0. The lowest BCUT2D eigenvalue weighted by Gasteiger charge is -2.03. The monoisotopic (exact) mass is 231 g/mol. The van der Waals surface area contributed by atoms with Crippen LogP contribution in [0, 0.1) is 11.6 Å². The maximum atomic E-state index is 13.4. The third-order valence-electron chi connectivity index (χ3n) is 1.95. The van der Waals surface area contributed by atoms with Crippen LogP contribution in [0.25, 0.3) is 10.9 Å². The fourth-order valence-electron chi connectivity index (χ4n) is 1.28. The lowest BCUT2D eigenvalue weighted by atomic mass is 10.2. The van der Waals surface area contributed by atoms with Gasteiger partial charge in [0.15, 0.2) is 5.82 Å². The molecular weight excluding hydrogens is 228 g/mol. The molecule has 0 atom stereocenters. The molecule has 1 aromatic heterocycles. The Morgan fingerprint density at radius 1 is 1.33 bits per heavy atom. The lowest BCUT2D eigenvalue weighted by Crippen LogP contribution is -2.05. The first kappa shape index (κ1) is 9.92. The van der Waals surface area contributed by atoms with Crippen molar-refractivity contribution in [1.82, 2.24) is 4.98 Å². The van der Waals surface area contributed by atoms with E-state index in [1.807, 2.05) is 0 Å². The van der Waals surface area contributed by atoms with Gasteiger partial charge in [-0.25, -0.2) is 8.78 Å². The molecule has 0 amide bonds. The van der Waals surface area contributed by atoms with E-state index in [0.29, 0.717) is 0 Å². The van der Waals surface area contributed by atoms with Gasteiger partial charge in [0, 0.05) is 11.5 Å². The minimum Gasteiger partial charge on any atom is -0.507 e. The van der Waals surface area contributed by atoms with E-state index < -0.39 is 28.0 Å². The number of aromatic nitrogens is 1. The van der Waals surface area contributed by atoms with Crippen LogP contribution in [0.15, 0.2) is 16.9 Å².